The fraction of sp³-hybridized carbons (Fsp3) is 0.954. The normalized spacial score (nSPS) is 12.4. The summed E-state index contributed by atoms with van der Waals surface area (Å²) in [6.45, 7) is 11.5. The van der Waals surface area contributed by atoms with Gasteiger partial charge in [0.05, 0.1) is 0 Å². The molecule has 0 aromatic rings. The molecule has 0 rings (SSSR count). The third-order valence-corrected chi connectivity index (χ3v) is 15.3. The quantitative estimate of drug-likeness (QED) is 0.0343. The van der Waals surface area contributed by atoms with Crippen molar-refractivity contribution in [1.82, 2.24) is 0 Å². The molecule has 0 fully saturated rings. The average Bonchev–Trinajstić information content (AvgIpc) is 3.36. The molecule has 0 saturated heterocycles. The number of hydrogen-bond acceptors (Lipinski definition) is 6. The van der Waals surface area contributed by atoms with E-state index in [2.05, 4.69) is 34.6 Å². The van der Waals surface area contributed by atoms with Gasteiger partial charge in [-0.25, -0.2) is 0 Å². The van der Waals surface area contributed by atoms with Gasteiger partial charge in [0.1, 0.15) is 13.2 Å². The molecule has 0 heterocycles. The maximum absolute atomic E-state index is 12.9. The van der Waals surface area contributed by atoms with Crippen LogP contribution in [0.15, 0.2) is 0 Å². The van der Waals surface area contributed by atoms with Gasteiger partial charge in [-0.2, -0.15) is 0 Å². The van der Waals surface area contributed by atoms with Crippen LogP contribution >= 0.6 is 0 Å². The minimum atomic E-state index is -0.764. The number of esters is 3. The average molecular weight is 1000 g/mol. The van der Waals surface area contributed by atoms with Gasteiger partial charge >= 0.3 is 17.9 Å². The van der Waals surface area contributed by atoms with Crippen molar-refractivity contribution in [1.29, 1.82) is 0 Å². The second kappa shape index (κ2) is 57.7. The molecule has 0 bridgehead atoms. The minimum absolute atomic E-state index is 0.0624. The topological polar surface area (TPSA) is 78.9 Å². The lowest BCUT2D eigenvalue weighted by atomic mass is 9.99. The monoisotopic (exact) mass is 1000 g/mol. The number of ether oxygens (including phenoxy) is 3. The van der Waals surface area contributed by atoms with E-state index < -0.39 is 6.10 Å². The molecule has 0 saturated carbocycles. The highest BCUT2D eigenvalue weighted by Gasteiger charge is 2.19. The Balaban J connectivity index is 4.20. The van der Waals surface area contributed by atoms with Gasteiger partial charge < -0.3 is 14.2 Å². The maximum Gasteiger partial charge on any atom is 0.306 e. The fourth-order valence-electron chi connectivity index (χ4n) is 10.1. The van der Waals surface area contributed by atoms with Crippen LogP contribution in [0.5, 0.6) is 0 Å². The molecule has 0 N–H and O–H groups in total. The summed E-state index contributed by atoms with van der Waals surface area (Å²) in [4.78, 5) is 38.3. The van der Waals surface area contributed by atoms with Gasteiger partial charge in [0.25, 0.3) is 0 Å². The number of hydrogen-bond donors (Lipinski definition) is 0. The zero-order valence-electron chi connectivity index (χ0n) is 48.9. The van der Waals surface area contributed by atoms with Crippen LogP contribution in [0.4, 0.5) is 0 Å². The number of rotatable bonds is 59. The predicted octanol–water partition coefficient (Wildman–Crippen LogP) is 21.6. The van der Waals surface area contributed by atoms with Gasteiger partial charge in [0.2, 0.25) is 0 Å². The first kappa shape index (κ1) is 69.4. The van der Waals surface area contributed by atoms with E-state index in [1.165, 1.54) is 257 Å². The van der Waals surface area contributed by atoms with Gasteiger partial charge in [0.15, 0.2) is 6.10 Å². The lowest BCUT2D eigenvalue weighted by Crippen LogP contribution is -2.30. The Morgan fingerprint density at radius 3 is 0.803 bits per heavy atom. The number of carbonyl (C=O) groups excluding carboxylic acids is 3. The fourth-order valence-corrected chi connectivity index (χ4v) is 10.1. The summed E-state index contributed by atoms with van der Waals surface area (Å²) in [5.41, 5.74) is 0. The molecule has 0 radical (unpaired) electrons. The molecular formula is C65H126O6. The molecule has 2 atom stereocenters. The van der Waals surface area contributed by atoms with Crippen molar-refractivity contribution in [3.05, 3.63) is 0 Å². The van der Waals surface area contributed by atoms with E-state index in [9.17, 15) is 14.4 Å². The van der Waals surface area contributed by atoms with E-state index in [1.54, 1.807) is 0 Å². The second-order valence-corrected chi connectivity index (χ2v) is 23.1. The molecule has 6 nitrogen and oxygen atoms in total. The van der Waals surface area contributed by atoms with E-state index in [0.29, 0.717) is 19.3 Å². The highest BCUT2D eigenvalue weighted by atomic mass is 16.6. The maximum atomic E-state index is 12.9. The molecule has 0 aliphatic heterocycles. The van der Waals surface area contributed by atoms with Crippen LogP contribution in [0.3, 0.4) is 0 Å². The summed E-state index contributed by atoms with van der Waals surface area (Å²) in [5.74, 6) is 0.882. The number of unbranched alkanes of at least 4 members (excludes halogenated alkanes) is 43. The minimum Gasteiger partial charge on any atom is -0.462 e. The van der Waals surface area contributed by atoms with Crippen molar-refractivity contribution in [3.8, 4) is 0 Å². The molecule has 1 unspecified atom stereocenters. The largest absolute Gasteiger partial charge is 0.462 e. The molecular weight excluding hydrogens is 877 g/mol. The van der Waals surface area contributed by atoms with Crippen molar-refractivity contribution in [3.63, 3.8) is 0 Å². The van der Waals surface area contributed by atoms with Gasteiger partial charge in [-0.15, -0.1) is 0 Å². The van der Waals surface area contributed by atoms with Gasteiger partial charge in [-0.1, -0.05) is 330 Å². The second-order valence-electron chi connectivity index (χ2n) is 23.1. The summed E-state index contributed by atoms with van der Waals surface area (Å²) < 4.78 is 16.9. The molecule has 0 spiro atoms. The summed E-state index contributed by atoms with van der Waals surface area (Å²) in [6, 6.07) is 0. The Hall–Kier alpha value is -1.59. The van der Waals surface area contributed by atoms with E-state index in [4.69, 9.17) is 14.2 Å². The van der Waals surface area contributed by atoms with Gasteiger partial charge in [0, 0.05) is 19.3 Å². The van der Waals surface area contributed by atoms with Crippen molar-refractivity contribution in [2.24, 2.45) is 11.8 Å². The Bertz CT molecular complexity index is 1090. The summed E-state index contributed by atoms with van der Waals surface area (Å²) in [7, 11) is 0. The molecule has 0 aromatic heterocycles. The van der Waals surface area contributed by atoms with Crippen molar-refractivity contribution in [2.45, 2.75) is 375 Å². The van der Waals surface area contributed by atoms with Crippen LogP contribution in [0.25, 0.3) is 0 Å². The van der Waals surface area contributed by atoms with E-state index >= 15 is 0 Å². The molecule has 0 aliphatic carbocycles. The van der Waals surface area contributed by atoms with Crippen molar-refractivity contribution in [2.75, 3.05) is 13.2 Å². The molecule has 6 heteroatoms. The van der Waals surface area contributed by atoms with E-state index in [-0.39, 0.29) is 31.1 Å². The highest BCUT2D eigenvalue weighted by molar-refractivity contribution is 5.71. The van der Waals surface area contributed by atoms with Crippen molar-refractivity contribution >= 4 is 17.9 Å². The zero-order valence-corrected chi connectivity index (χ0v) is 48.9. The Morgan fingerprint density at radius 1 is 0.296 bits per heavy atom. The Labute approximate surface area is 444 Å². The zero-order chi connectivity index (χ0) is 51.8. The first-order valence-electron chi connectivity index (χ1n) is 32.3. The van der Waals surface area contributed by atoms with E-state index in [1.807, 2.05) is 0 Å². The summed E-state index contributed by atoms with van der Waals surface area (Å²) >= 11 is 0. The van der Waals surface area contributed by atoms with Crippen LogP contribution < -0.4 is 0 Å². The lowest BCUT2D eigenvalue weighted by Gasteiger charge is -2.18. The Kier molecular flexibility index (Phi) is 56.4. The standard InChI is InChI=1S/C65H126O6/c1-6-8-9-10-11-12-13-14-15-16-17-21-24-27-30-35-40-45-50-55-63(66)69-58-62(71-65(68)57-52-47-42-37-32-33-38-43-48-53-60(3)4)59-70-64(67)56-51-46-41-36-31-28-25-22-19-18-20-23-26-29-34-39-44-49-54-61(5)7-2/h60-62H,6-59H2,1-5H3/t61?,62-/m1/s1. The summed E-state index contributed by atoms with van der Waals surface area (Å²) in [6.07, 6.45) is 63.9. The first-order chi connectivity index (χ1) is 34.8. The number of carbonyl (C=O) groups is 3. The predicted molar refractivity (Wildman–Crippen MR) is 307 cm³/mol. The van der Waals surface area contributed by atoms with Gasteiger partial charge in [-0.05, 0) is 31.1 Å². The summed E-state index contributed by atoms with van der Waals surface area (Å²) in [5, 5.41) is 0. The third kappa shape index (κ3) is 57.5. The van der Waals surface area contributed by atoms with Crippen LogP contribution in [0, 0.1) is 11.8 Å². The molecule has 422 valence electrons. The van der Waals surface area contributed by atoms with Crippen LogP contribution in [0.2, 0.25) is 0 Å². The molecule has 0 aromatic carbocycles. The van der Waals surface area contributed by atoms with Crippen molar-refractivity contribution < 1.29 is 28.6 Å². The SMILES string of the molecule is CCCCCCCCCCCCCCCCCCCCCC(=O)OC[C@H](COC(=O)CCCCCCCCCCCCCCCCCCCCC(C)CC)OC(=O)CCCCCCCCCCCC(C)C. The molecule has 71 heavy (non-hydrogen) atoms. The molecule has 0 aliphatic rings. The Morgan fingerprint density at radius 2 is 0.535 bits per heavy atom. The smallest absolute Gasteiger partial charge is 0.306 e. The van der Waals surface area contributed by atoms with Crippen LogP contribution in [-0.4, -0.2) is 37.2 Å². The van der Waals surface area contributed by atoms with E-state index in [0.717, 1.165) is 69.6 Å². The van der Waals surface area contributed by atoms with Crippen LogP contribution in [0.1, 0.15) is 369 Å². The van der Waals surface area contributed by atoms with Crippen LogP contribution in [-0.2, 0) is 28.6 Å². The molecule has 0 amide bonds. The lowest BCUT2D eigenvalue weighted by molar-refractivity contribution is -0.167. The third-order valence-electron chi connectivity index (χ3n) is 15.3. The first-order valence-corrected chi connectivity index (χ1v) is 32.3. The highest BCUT2D eigenvalue weighted by Crippen LogP contribution is 2.19. The van der Waals surface area contributed by atoms with Gasteiger partial charge in [-0.3, -0.25) is 14.4 Å².